The van der Waals surface area contributed by atoms with Crippen molar-refractivity contribution in [1.82, 2.24) is 0 Å². The largest absolute Gasteiger partial charge is 0.506 e. The topological polar surface area (TPSA) is 106 Å². The summed E-state index contributed by atoms with van der Waals surface area (Å²) in [6.45, 7) is 3.68. The first-order valence-corrected chi connectivity index (χ1v) is 4.72. The molecule has 1 heterocycles. The fourth-order valence-corrected chi connectivity index (χ4v) is 1.58. The van der Waals surface area contributed by atoms with Gasteiger partial charge in [0.25, 0.3) is 0 Å². The molecule has 2 rings (SSSR count). The summed E-state index contributed by atoms with van der Waals surface area (Å²) in [4.78, 5) is 11.4. The Bertz CT molecular complexity index is 679. The zero-order valence-corrected chi connectivity index (χ0v) is 9.37. The Morgan fingerprint density at radius 2 is 2.00 bits per heavy atom. The second-order valence-electron chi connectivity index (χ2n) is 3.61. The number of nitrogens with zero attached hydrogens (tertiary/aromatic N) is 1. The molecule has 0 spiro atoms. The van der Waals surface area contributed by atoms with Crippen LogP contribution in [0.15, 0.2) is 21.3 Å². The number of fused-ring (bicyclic) bond motifs is 1. The minimum absolute atomic E-state index is 0. The SMILES string of the molecule is Cc1ccc2c(O)c(C#N)c(=O)oc2c1C.O. The van der Waals surface area contributed by atoms with Crippen molar-refractivity contribution >= 4 is 11.0 Å². The van der Waals surface area contributed by atoms with E-state index in [2.05, 4.69) is 0 Å². The molecule has 0 unspecified atom stereocenters. The van der Waals surface area contributed by atoms with Crippen LogP contribution >= 0.6 is 0 Å². The van der Waals surface area contributed by atoms with Crippen LogP contribution < -0.4 is 5.63 Å². The van der Waals surface area contributed by atoms with E-state index in [1.54, 1.807) is 25.1 Å². The van der Waals surface area contributed by atoms with Gasteiger partial charge in [0, 0.05) is 0 Å². The van der Waals surface area contributed by atoms with Crippen LogP contribution in [0.5, 0.6) is 5.75 Å². The molecule has 0 amide bonds. The lowest BCUT2D eigenvalue weighted by molar-refractivity contribution is 0.465. The Morgan fingerprint density at radius 3 is 2.59 bits per heavy atom. The number of aryl methyl sites for hydroxylation is 2. The van der Waals surface area contributed by atoms with Crippen molar-refractivity contribution in [3.8, 4) is 11.8 Å². The van der Waals surface area contributed by atoms with E-state index in [1.807, 2.05) is 6.92 Å². The Morgan fingerprint density at radius 1 is 1.35 bits per heavy atom. The molecule has 88 valence electrons. The third-order valence-electron chi connectivity index (χ3n) is 2.68. The molecule has 1 aromatic heterocycles. The second kappa shape index (κ2) is 4.28. The van der Waals surface area contributed by atoms with E-state index in [1.165, 1.54) is 0 Å². The molecule has 5 heteroatoms. The van der Waals surface area contributed by atoms with Crippen LogP contribution in [-0.4, -0.2) is 10.6 Å². The van der Waals surface area contributed by atoms with Gasteiger partial charge < -0.3 is 15.0 Å². The molecule has 0 saturated carbocycles. The van der Waals surface area contributed by atoms with Crippen LogP contribution in [0.3, 0.4) is 0 Å². The number of hydrogen-bond acceptors (Lipinski definition) is 4. The Hall–Kier alpha value is -2.32. The summed E-state index contributed by atoms with van der Waals surface area (Å²) in [5.41, 5.74) is 0.924. The van der Waals surface area contributed by atoms with E-state index in [0.29, 0.717) is 11.0 Å². The Balaban J connectivity index is 0.00000144. The molecule has 0 saturated heterocycles. The number of aromatic hydroxyl groups is 1. The van der Waals surface area contributed by atoms with E-state index in [4.69, 9.17) is 9.68 Å². The molecule has 0 aliphatic rings. The van der Waals surface area contributed by atoms with Gasteiger partial charge in [-0.1, -0.05) is 6.07 Å². The monoisotopic (exact) mass is 233 g/mol. The zero-order valence-electron chi connectivity index (χ0n) is 9.37. The summed E-state index contributed by atoms with van der Waals surface area (Å²) in [5, 5.41) is 18.9. The van der Waals surface area contributed by atoms with E-state index in [9.17, 15) is 9.90 Å². The van der Waals surface area contributed by atoms with Crippen molar-refractivity contribution in [2.45, 2.75) is 13.8 Å². The van der Waals surface area contributed by atoms with Gasteiger partial charge in [-0.25, -0.2) is 4.79 Å². The highest BCUT2D eigenvalue weighted by molar-refractivity contribution is 5.87. The standard InChI is InChI=1S/C12H9NO3.H2O/c1-6-3-4-8-10(14)9(5-13)12(15)16-11(8)7(6)2;/h3-4,14H,1-2H3;1H2. The molecule has 3 N–H and O–H groups in total. The van der Waals surface area contributed by atoms with Crippen LogP contribution in [0, 0.1) is 25.2 Å². The zero-order chi connectivity index (χ0) is 11.9. The summed E-state index contributed by atoms with van der Waals surface area (Å²) >= 11 is 0. The summed E-state index contributed by atoms with van der Waals surface area (Å²) in [7, 11) is 0. The van der Waals surface area contributed by atoms with Crippen molar-refractivity contribution < 1.29 is 15.0 Å². The van der Waals surface area contributed by atoms with Crippen LogP contribution in [0.1, 0.15) is 16.7 Å². The number of benzene rings is 1. The highest BCUT2D eigenvalue weighted by Crippen LogP contribution is 2.29. The minimum Gasteiger partial charge on any atom is -0.506 e. The van der Waals surface area contributed by atoms with E-state index in [0.717, 1.165) is 11.1 Å². The van der Waals surface area contributed by atoms with Gasteiger partial charge >= 0.3 is 5.63 Å². The van der Waals surface area contributed by atoms with Gasteiger partial charge in [-0.15, -0.1) is 0 Å². The summed E-state index contributed by atoms with van der Waals surface area (Å²) in [6.07, 6.45) is 0. The van der Waals surface area contributed by atoms with E-state index >= 15 is 0 Å². The first kappa shape index (κ1) is 12.7. The van der Waals surface area contributed by atoms with E-state index < -0.39 is 5.63 Å². The van der Waals surface area contributed by atoms with Gasteiger partial charge in [0.1, 0.15) is 11.7 Å². The fraction of sp³-hybridized carbons (Fsp3) is 0.167. The molecule has 0 atom stereocenters. The quantitative estimate of drug-likeness (QED) is 0.689. The molecule has 0 bridgehead atoms. The molecule has 1 aromatic carbocycles. The Labute approximate surface area is 96.8 Å². The maximum absolute atomic E-state index is 11.4. The number of hydrogen-bond donors (Lipinski definition) is 1. The van der Waals surface area contributed by atoms with Gasteiger partial charge in [-0.3, -0.25) is 0 Å². The number of nitriles is 1. The van der Waals surface area contributed by atoms with Gasteiger partial charge in [-0.2, -0.15) is 5.26 Å². The fourth-order valence-electron chi connectivity index (χ4n) is 1.58. The lowest BCUT2D eigenvalue weighted by atomic mass is 10.0. The first-order chi connectivity index (χ1) is 7.56. The van der Waals surface area contributed by atoms with Crippen LogP contribution in [-0.2, 0) is 0 Å². The molecule has 0 radical (unpaired) electrons. The summed E-state index contributed by atoms with van der Waals surface area (Å²) in [6, 6.07) is 5.07. The second-order valence-corrected chi connectivity index (χ2v) is 3.61. The van der Waals surface area contributed by atoms with Gasteiger partial charge in [0.15, 0.2) is 11.3 Å². The van der Waals surface area contributed by atoms with Gasteiger partial charge in [0.2, 0.25) is 0 Å². The average Bonchev–Trinajstić information content (AvgIpc) is 2.25. The molecule has 0 aliphatic heterocycles. The van der Waals surface area contributed by atoms with Crippen LogP contribution in [0.25, 0.3) is 11.0 Å². The molecule has 0 aliphatic carbocycles. The highest BCUT2D eigenvalue weighted by Gasteiger charge is 2.15. The highest BCUT2D eigenvalue weighted by atomic mass is 16.4. The molecular weight excluding hydrogens is 222 g/mol. The lowest BCUT2D eigenvalue weighted by Gasteiger charge is -2.05. The molecule has 2 aromatic rings. The molecule has 17 heavy (non-hydrogen) atoms. The van der Waals surface area contributed by atoms with Crippen LogP contribution in [0.2, 0.25) is 0 Å². The summed E-state index contributed by atoms with van der Waals surface area (Å²) in [5.74, 6) is -0.308. The average molecular weight is 233 g/mol. The van der Waals surface area contributed by atoms with Crippen LogP contribution in [0.4, 0.5) is 0 Å². The first-order valence-electron chi connectivity index (χ1n) is 4.72. The smallest absolute Gasteiger partial charge is 0.358 e. The van der Waals surface area contributed by atoms with Gasteiger partial charge in [-0.05, 0) is 31.0 Å². The molecule has 0 fully saturated rings. The van der Waals surface area contributed by atoms with Gasteiger partial charge in [0.05, 0.1) is 5.39 Å². The maximum Gasteiger partial charge on any atom is 0.358 e. The predicted molar refractivity (Wildman–Crippen MR) is 62.0 cm³/mol. The number of rotatable bonds is 0. The van der Waals surface area contributed by atoms with E-state index in [-0.39, 0.29) is 16.8 Å². The maximum atomic E-state index is 11.4. The Kier molecular flexibility index (Phi) is 3.21. The normalized spacial score (nSPS) is 9.71. The third kappa shape index (κ3) is 1.75. The molecule has 5 nitrogen and oxygen atoms in total. The molecular formula is C12H11NO4. The predicted octanol–water partition coefficient (Wildman–Crippen LogP) is 1.16. The third-order valence-corrected chi connectivity index (χ3v) is 2.68. The van der Waals surface area contributed by atoms with Crippen molar-refractivity contribution in [3.05, 3.63) is 39.2 Å². The van der Waals surface area contributed by atoms with Crippen molar-refractivity contribution in [3.63, 3.8) is 0 Å². The van der Waals surface area contributed by atoms with Crippen molar-refractivity contribution in [1.29, 1.82) is 5.26 Å². The van der Waals surface area contributed by atoms with Crippen molar-refractivity contribution in [2.24, 2.45) is 0 Å². The minimum atomic E-state index is -0.804. The summed E-state index contributed by atoms with van der Waals surface area (Å²) < 4.78 is 5.04. The lowest BCUT2D eigenvalue weighted by Crippen LogP contribution is -2.05. The van der Waals surface area contributed by atoms with Crippen molar-refractivity contribution in [2.75, 3.05) is 0 Å².